The minimum absolute atomic E-state index is 0.0288. The standard InChI is InChI=1S/C35H44N4O2/c1-6-10-27(35(40)41-31-17-19-36-20-18-31)13-8-11-24(3)30-22-29-21-28(15-16-32(29)38-23-30)26(5)34(37-7-2)33-14-9-12-25(4)39-33/h7,9,12,14-16,21-23,27,31,36-37H,2-3,6,8,10-11,13,17-20H2,1,4-5H3/b34-26+. The summed E-state index contributed by atoms with van der Waals surface area (Å²) in [5.74, 6) is -0.0742. The van der Waals surface area contributed by atoms with Crippen molar-refractivity contribution in [3.63, 3.8) is 0 Å². The second-order valence-electron chi connectivity index (χ2n) is 11.0. The van der Waals surface area contributed by atoms with Gasteiger partial charge in [0.1, 0.15) is 6.10 Å². The molecule has 3 heterocycles. The molecule has 2 aromatic heterocycles. The van der Waals surface area contributed by atoms with Crippen LogP contribution in [0.4, 0.5) is 0 Å². The molecule has 1 aromatic carbocycles. The number of nitrogens with zero attached hydrogens (tertiary/aromatic N) is 2. The van der Waals surface area contributed by atoms with Crippen LogP contribution in [-0.4, -0.2) is 35.1 Å². The second kappa shape index (κ2) is 14.7. The molecule has 1 saturated heterocycles. The summed E-state index contributed by atoms with van der Waals surface area (Å²) in [4.78, 5) is 22.3. The minimum Gasteiger partial charge on any atom is -0.462 e. The Bertz CT molecular complexity index is 1400. The maximum absolute atomic E-state index is 12.9. The molecule has 1 atom stereocenters. The van der Waals surface area contributed by atoms with Crippen molar-refractivity contribution in [2.45, 2.75) is 71.8 Å². The van der Waals surface area contributed by atoms with Crippen LogP contribution in [0.15, 0.2) is 68.0 Å². The van der Waals surface area contributed by atoms with Crippen molar-refractivity contribution >= 4 is 33.7 Å². The Balaban J connectivity index is 1.45. The molecule has 0 spiro atoms. The Morgan fingerprint density at radius 1 is 1.17 bits per heavy atom. The number of carbonyl (C=O) groups is 1. The van der Waals surface area contributed by atoms with E-state index in [2.05, 4.69) is 61.9 Å². The van der Waals surface area contributed by atoms with Crippen LogP contribution in [0.5, 0.6) is 0 Å². The third-order valence-electron chi connectivity index (χ3n) is 7.86. The van der Waals surface area contributed by atoms with E-state index < -0.39 is 0 Å². The van der Waals surface area contributed by atoms with Crippen molar-refractivity contribution < 1.29 is 9.53 Å². The molecule has 2 N–H and O–H groups in total. The van der Waals surface area contributed by atoms with Gasteiger partial charge in [0, 0.05) is 17.3 Å². The summed E-state index contributed by atoms with van der Waals surface area (Å²) in [5, 5.41) is 7.68. The molecule has 41 heavy (non-hydrogen) atoms. The van der Waals surface area contributed by atoms with Gasteiger partial charge in [0.2, 0.25) is 0 Å². The zero-order chi connectivity index (χ0) is 29.2. The quantitative estimate of drug-likeness (QED) is 0.214. The smallest absolute Gasteiger partial charge is 0.309 e. The third kappa shape index (κ3) is 8.14. The maximum atomic E-state index is 12.9. The molecule has 3 aromatic rings. The number of pyridine rings is 2. The largest absolute Gasteiger partial charge is 0.462 e. The summed E-state index contributed by atoms with van der Waals surface area (Å²) in [6.45, 7) is 16.3. The van der Waals surface area contributed by atoms with E-state index in [1.54, 1.807) is 6.20 Å². The van der Waals surface area contributed by atoms with Crippen LogP contribution in [0.3, 0.4) is 0 Å². The fourth-order valence-corrected chi connectivity index (χ4v) is 5.47. The van der Waals surface area contributed by atoms with Crippen LogP contribution in [0.2, 0.25) is 0 Å². The number of aryl methyl sites for hydroxylation is 1. The monoisotopic (exact) mass is 552 g/mol. The molecule has 1 aliphatic rings. The lowest BCUT2D eigenvalue weighted by molar-refractivity contribution is -0.155. The first-order valence-corrected chi connectivity index (χ1v) is 14.9. The van der Waals surface area contributed by atoms with Gasteiger partial charge in [0.25, 0.3) is 0 Å². The van der Waals surface area contributed by atoms with E-state index in [0.29, 0.717) is 0 Å². The van der Waals surface area contributed by atoms with E-state index in [1.807, 2.05) is 31.3 Å². The molecule has 0 radical (unpaired) electrons. The molecule has 0 amide bonds. The van der Waals surface area contributed by atoms with Crippen molar-refractivity contribution in [1.29, 1.82) is 0 Å². The number of esters is 1. The number of hydrogen-bond donors (Lipinski definition) is 2. The van der Waals surface area contributed by atoms with Crippen molar-refractivity contribution in [3.8, 4) is 0 Å². The first-order chi connectivity index (χ1) is 19.9. The maximum Gasteiger partial charge on any atom is 0.309 e. The predicted octanol–water partition coefficient (Wildman–Crippen LogP) is 7.45. The van der Waals surface area contributed by atoms with Gasteiger partial charge in [-0.1, -0.05) is 38.6 Å². The van der Waals surface area contributed by atoms with Gasteiger partial charge in [0.05, 0.1) is 22.8 Å². The van der Waals surface area contributed by atoms with Gasteiger partial charge in [-0.2, -0.15) is 0 Å². The number of allylic oxidation sites excluding steroid dienone is 2. The van der Waals surface area contributed by atoms with E-state index in [0.717, 1.165) is 108 Å². The summed E-state index contributed by atoms with van der Waals surface area (Å²) in [6.07, 6.45) is 9.83. The molecular weight excluding hydrogens is 508 g/mol. The van der Waals surface area contributed by atoms with Gasteiger partial charge >= 0.3 is 5.97 Å². The second-order valence-corrected chi connectivity index (χ2v) is 11.0. The summed E-state index contributed by atoms with van der Waals surface area (Å²) in [6, 6.07) is 14.5. The highest BCUT2D eigenvalue weighted by Gasteiger charge is 2.24. The SMILES string of the molecule is C=CN/C(=C(\C)c1ccc2ncc(C(=C)CCCC(CCC)C(=O)OC3CCNCC3)cc2c1)c1cccc(C)n1. The van der Waals surface area contributed by atoms with Crippen LogP contribution in [0.25, 0.3) is 27.7 Å². The van der Waals surface area contributed by atoms with E-state index in [-0.39, 0.29) is 18.0 Å². The first-order valence-electron chi connectivity index (χ1n) is 14.9. The molecule has 0 saturated carbocycles. The van der Waals surface area contributed by atoms with E-state index in [9.17, 15) is 4.79 Å². The number of benzene rings is 1. The number of ether oxygens (including phenoxy) is 1. The minimum atomic E-state index is -0.0454. The molecule has 1 unspecified atom stereocenters. The Labute approximate surface area is 245 Å². The highest BCUT2D eigenvalue weighted by Crippen LogP contribution is 2.29. The molecule has 0 aliphatic carbocycles. The normalized spacial score (nSPS) is 15.2. The molecule has 6 heteroatoms. The molecular formula is C35H44N4O2. The first kappa shape index (κ1) is 30.2. The zero-order valence-corrected chi connectivity index (χ0v) is 24.8. The molecule has 1 aliphatic heterocycles. The van der Waals surface area contributed by atoms with E-state index in [1.165, 1.54) is 0 Å². The van der Waals surface area contributed by atoms with Crippen LogP contribution >= 0.6 is 0 Å². The number of carbonyl (C=O) groups excluding carboxylic acids is 1. The summed E-state index contributed by atoms with van der Waals surface area (Å²) in [5.41, 5.74) is 7.94. The fraction of sp³-hybridized carbons (Fsp3) is 0.400. The van der Waals surface area contributed by atoms with Crippen molar-refractivity contribution in [1.82, 2.24) is 20.6 Å². The molecule has 0 bridgehead atoms. The van der Waals surface area contributed by atoms with Gasteiger partial charge in [-0.05, 0) is 124 Å². The summed E-state index contributed by atoms with van der Waals surface area (Å²) in [7, 11) is 0. The third-order valence-corrected chi connectivity index (χ3v) is 7.86. The number of rotatable bonds is 13. The zero-order valence-electron chi connectivity index (χ0n) is 24.8. The highest BCUT2D eigenvalue weighted by atomic mass is 16.5. The molecule has 216 valence electrons. The van der Waals surface area contributed by atoms with Crippen molar-refractivity contribution in [2.24, 2.45) is 5.92 Å². The van der Waals surface area contributed by atoms with Crippen LogP contribution in [0.1, 0.15) is 81.3 Å². The number of fused-ring (bicyclic) bond motifs is 1. The Morgan fingerprint density at radius 2 is 1.95 bits per heavy atom. The predicted molar refractivity (Wildman–Crippen MR) is 170 cm³/mol. The lowest BCUT2D eigenvalue weighted by Crippen LogP contribution is -2.35. The van der Waals surface area contributed by atoms with Crippen LogP contribution in [0, 0.1) is 12.8 Å². The average Bonchev–Trinajstić information content (AvgIpc) is 2.99. The Hall–Kier alpha value is -3.77. The summed E-state index contributed by atoms with van der Waals surface area (Å²) < 4.78 is 5.86. The number of piperidine rings is 1. The number of aromatic nitrogens is 2. The molecule has 6 nitrogen and oxygen atoms in total. The van der Waals surface area contributed by atoms with Gasteiger partial charge in [-0.25, -0.2) is 0 Å². The van der Waals surface area contributed by atoms with Crippen LogP contribution in [-0.2, 0) is 9.53 Å². The average molecular weight is 553 g/mol. The Morgan fingerprint density at radius 3 is 2.68 bits per heavy atom. The van der Waals surface area contributed by atoms with Gasteiger partial charge < -0.3 is 15.4 Å². The number of nitrogens with one attached hydrogen (secondary N) is 2. The highest BCUT2D eigenvalue weighted by molar-refractivity contribution is 5.92. The van der Waals surface area contributed by atoms with Crippen molar-refractivity contribution in [2.75, 3.05) is 13.1 Å². The van der Waals surface area contributed by atoms with Crippen LogP contribution < -0.4 is 10.6 Å². The van der Waals surface area contributed by atoms with Gasteiger partial charge in [-0.3, -0.25) is 14.8 Å². The van der Waals surface area contributed by atoms with Gasteiger partial charge in [-0.15, -0.1) is 0 Å². The molecule has 1 fully saturated rings. The lowest BCUT2D eigenvalue weighted by atomic mass is 9.94. The Kier molecular flexibility index (Phi) is 10.9. The number of hydrogen-bond acceptors (Lipinski definition) is 6. The molecule has 4 rings (SSSR count). The summed E-state index contributed by atoms with van der Waals surface area (Å²) >= 11 is 0. The van der Waals surface area contributed by atoms with E-state index in [4.69, 9.17) is 14.7 Å². The topological polar surface area (TPSA) is 76.1 Å². The van der Waals surface area contributed by atoms with E-state index >= 15 is 0 Å². The fourth-order valence-electron chi connectivity index (χ4n) is 5.47. The van der Waals surface area contributed by atoms with Crippen molar-refractivity contribution in [3.05, 3.63) is 90.5 Å². The lowest BCUT2D eigenvalue weighted by Gasteiger charge is -2.25. The van der Waals surface area contributed by atoms with Gasteiger partial charge in [0.15, 0.2) is 0 Å².